The number of hydrogen-bond donors (Lipinski definition) is 1. The zero-order valence-corrected chi connectivity index (χ0v) is 12.2. The molecule has 0 saturated heterocycles. The number of amides is 1. The third-order valence-corrected chi connectivity index (χ3v) is 2.96. The number of hydrogen-bond acceptors (Lipinski definition) is 2. The van der Waals surface area contributed by atoms with E-state index in [1.54, 1.807) is 6.21 Å². The van der Waals surface area contributed by atoms with Gasteiger partial charge in [0.05, 0.1) is 0 Å². The number of hydrazone groups is 1. The van der Waals surface area contributed by atoms with E-state index in [0.29, 0.717) is 6.42 Å². The summed E-state index contributed by atoms with van der Waals surface area (Å²) >= 11 is 0. The van der Waals surface area contributed by atoms with Gasteiger partial charge in [0.2, 0.25) is 5.91 Å². The Balaban J connectivity index is 3.20. The summed E-state index contributed by atoms with van der Waals surface area (Å²) in [4.78, 5) is 11.4. The lowest BCUT2D eigenvalue weighted by atomic mass is 10.1. The van der Waals surface area contributed by atoms with E-state index in [0.717, 1.165) is 25.7 Å². The van der Waals surface area contributed by atoms with Crippen molar-refractivity contribution in [3.63, 3.8) is 0 Å². The van der Waals surface area contributed by atoms with E-state index < -0.39 is 0 Å². The smallest absolute Gasteiger partial charge is 0.240 e. The quantitative estimate of drug-likeness (QED) is 0.313. The van der Waals surface area contributed by atoms with Crippen molar-refractivity contribution < 1.29 is 4.79 Å². The van der Waals surface area contributed by atoms with Crippen LogP contribution in [0.1, 0.15) is 84.5 Å². The van der Waals surface area contributed by atoms with Gasteiger partial charge in [0.1, 0.15) is 0 Å². The number of unbranched alkanes of at least 4 members (excludes halogenated alkanes) is 8. The van der Waals surface area contributed by atoms with E-state index in [1.807, 2.05) is 0 Å². The Hall–Kier alpha value is -0.860. The second-order valence-electron chi connectivity index (χ2n) is 4.86. The van der Waals surface area contributed by atoms with Crippen LogP contribution in [0.3, 0.4) is 0 Å². The average Bonchev–Trinajstić information content (AvgIpc) is 2.38. The molecule has 106 valence electrons. The molecule has 0 aliphatic heterocycles. The minimum absolute atomic E-state index is 0.0494. The SMILES string of the molecule is CCCC=NNC(=O)CCCCCCCCCC. The highest BCUT2D eigenvalue weighted by Gasteiger charge is 1.98. The van der Waals surface area contributed by atoms with E-state index in [-0.39, 0.29) is 5.91 Å². The molecule has 0 unspecified atom stereocenters. The van der Waals surface area contributed by atoms with Crippen LogP contribution < -0.4 is 5.43 Å². The molecule has 0 aliphatic carbocycles. The van der Waals surface area contributed by atoms with Crippen LogP contribution in [0.25, 0.3) is 0 Å². The standard InChI is InChI=1S/C15H30N2O/c1-3-5-7-8-9-10-11-12-13-15(18)17-16-14-6-4-2/h14H,3-13H2,1-2H3,(H,17,18). The molecular weight excluding hydrogens is 224 g/mol. The molecule has 0 aromatic carbocycles. The normalized spacial score (nSPS) is 11.0. The predicted molar refractivity (Wildman–Crippen MR) is 78.8 cm³/mol. The lowest BCUT2D eigenvalue weighted by molar-refractivity contribution is -0.121. The van der Waals surface area contributed by atoms with Crippen LogP contribution in [0, 0.1) is 0 Å². The van der Waals surface area contributed by atoms with Gasteiger partial charge in [-0.1, -0.05) is 65.2 Å². The van der Waals surface area contributed by atoms with Gasteiger partial charge in [-0.2, -0.15) is 5.10 Å². The first kappa shape index (κ1) is 17.1. The van der Waals surface area contributed by atoms with Gasteiger partial charge in [0.25, 0.3) is 0 Å². The summed E-state index contributed by atoms with van der Waals surface area (Å²) in [7, 11) is 0. The third-order valence-electron chi connectivity index (χ3n) is 2.96. The molecule has 0 heterocycles. The molecule has 0 fully saturated rings. The summed E-state index contributed by atoms with van der Waals surface area (Å²) in [6, 6.07) is 0. The van der Waals surface area contributed by atoms with Crippen molar-refractivity contribution in [3.05, 3.63) is 0 Å². The fourth-order valence-electron chi connectivity index (χ4n) is 1.79. The van der Waals surface area contributed by atoms with Crippen molar-refractivity contribution in [1.29, 1.82) is 0 Å². The Morgan fingerprint density at radius 1 is 0.944 bits per heavy atom. The van der Waals surface area contributed by atoms with Crippen molar-refractivity contribution >= 4 is 12.1 Å². The van der Waals surface area contributed by atoms with Gasteiger partial charge in [0.15, 0.2) is 0 Å². The minimum atomic E-state index is 0.0494. The number of carbonyl (C=O) groups is 1. The van der Waals surface area contributed by atoms with Crippen molar-refractivity contribution in [2.24, 2.45) is 5.10 Å². The molecule has 18 heavy (non-hydrogen) atoms. The van der Waals surface area contributed by atoms with Gasteiger partial charge in [-0.15, -0.1) is 0 Å². The van der Waals surface area contributed by atoms with E-state index in [1.165, 1.54) is 38.5 Å². The van der Waals surface area contributed by atoms with Gasteiger partial charge in [-0.25, -0.2) is 5.43 Å². The van der Waals surface area contributed by atoms with Crippen LogP contribution in [0.15, 0.2) is 5.10 Å². The molecule has 1 N–H and O–H groups in total. The van der Waals surface area contributed by atoms with Crippen LogP contribution in [-0.4, -0.2) is 12.1 Å². The van der Waals surface area contributed by atoms with Crippen molar-refractivity contribution in [3.8, 4) is 0 Å². The predicted octanol–water partition coefficient (Wildman–Crippen LogP) is 4.42. The topological polar surface area (TPSA) is 41.5 Å². The highest BCUT2D eigenvalue weighted by atomic mass is 16.2. The largest absolute Gasteiger partial charge is 0.273 e. The van der Waals surface area contributed by atoms with Crippen LogP contribution in [0.5, 0.6) is 0 Å². The monoisotopic (exact) mass is 254 g/mol. The maximum atomic E-state index is 11.4. The second-order valence-corrected chi connectivity index (χ2v) is 4.86. The highest BCUT2D eigenvalue weighted by Crippen LogP contribution is 2.09. The van der Waals surface area contributed by atoms with Crippen LogP contribution in [-0.2, 0) is 4.79 Å². The number of nitrogens with zero attached hydrogens (tertiary/aromatic N) is 1. The molecule has 1 amide bonds. The van der Waals surface area contributed by atoms with E-state index in [4.69, 9.17) is 0 Å². The molecule has 3 nitrogen and oxygen atoms in total. The second kappa shape index (κ2) is 14.2. The zero-order chi connectivity index (χ0) is 13.5. The Labute approximate surface area is 112 Å². The lowest BCUT2D eigenvalue weighted by Gasteiger charge is -2.01. The fourth-order valence-corrected chi connectivity index (χ4v) is 1.79. The van der Waals surface area contributed by atoms with E-state index in [2.05, 4.69) is 24.4 Å². The first-order valence-corrected chi connectivity index (χ1v) is 7.61. The van der Waals surface area contributed by atoms with E-state index >= 15 is 0 Å². The molecule has 0 atom stereocenters. The molecule has 0 aromatic heterocycles. The number of carbonyl (C=O) groups excluding carboxylic acids is 1. The fraction of sp³-hybridized carbons (Fsp3) is 0.867. The Kier molecular flexibility index (Phi) is 13.5. The Bertz CT molecular complexity index is 215. The van der Waals surface area contributed by atoms with Gasteiger partial charge in [-0.05, 0) is 12.8 Å². The van der Waals surface area contributed by atoms with Crippen LogP contribution in [0.4, 0.5) is 0 Å². The maximum absolute atomic E-state index is 11.4. The van der Waals surface area contributed by atoms with E-state index in [9.17, 15) is 4.79 Å². The third kappa shape index (κ3) is 13.2. The summed E-state index contributed by atoms with van der Waals surface area (Å²) in [5, 5.41) is 3.89. The molecule has 0 saturated carbocycles. The maximum Gasteiger partial charge on any atom is 0.240 e. The molecule has 0 aliphatic rings. The summed E-state index contributed by atoms with van der Waals surface area (Å²) in [6.45, 7) is 4.33. The Morgan fingerprint density at radius 3 is 2.17 bits per heavy atom. The summed E-state index contributed by atoms with van der Waals surface area (Å²) < 4.78 is 0. The number of nitrogens with one attached hydrogen (secondary N) is 1. The lowest BCUT2D eigenvalue weighted by Crippen LogP contribution is -2.16. The van der Waals surface area contributed by atoms with Crippen LogP contribution >= 0.6 is 0 Å². The number of rotatable bonds is 12. The summed E-state index contributed by atoms with van der Waals surface area (Å²) in [5.74, 6) is 0.0494. The zero-order valence-electron chi connectivity index (χ0n) is 12.2. The van der Waals surface area contributed by atoms with Crippen molar-refractivity contribution in [2.75, 3.05) is 0 Å². The highest BCUT2D eigenvalue weighted by molar-refractivity contribution is 5.76. The summed E-state index contributed by atoms with van der Waals surface area (Å²) in [5.41, 5.74) is 2.57. The molecule has 0 rings (SSSR count). The first-order chi connectivity index (χ1) is 8.81. The molecular formula is C15H30N2O. The minimum Gasteiger partial charge on any atom is -0.273 e. The van der Waals surface area contributed by atoms with Crippen molar-refractivity contribution in [2.45, 2.75) is 84.5 Å². The molecule has 0 radical (unpaired) electrons. The molecule has 3 heteroatoms. The molecule has 0 spiro atoms. The van der Waals surface area contributed by atoms with Crippen LogP contribution in [0.2, 0.25) is 0 Å². The van der Waals surface area contributed by atoms with Gasteiger partial charge in [-0.3, -0.25) is 4.79 Å². The molecule has 0 aromatic rings. The van der Waals surface area contributed by atoms with Gasteiger partial charge in [0, 0.05) is 12.6 Å². The van der Waals surface area contributed by atoms with Gasteiger partial charge < -0.3 is 0 Å². The van der Waals surface area contributed by atoms with Gasteiger partial charge >= 0.3 is 0 Å². The Morgan fingerprint density at radius 2 is 1.56 bits per heavy atom. The average molecular weight is 254 g/mol. The first-order valence-electron chi connectivity index (χ1n) is 7.61. The molecule has 0 bridgehead atoms. The van der Waals surface area contributed by atoms with Crippen molar-refractivity contribution in [1.82, 2.24) is 5.43 Å². The summed E-state index contributed by atoms with van der Waals surface area (Å²) in [6.07, 6.45) is 14.5.